The third-order valence-corrected chi connectivity index (χ3v) is 9.60. The van der Waals surface area contributed by atoms with Gasteiger partial charge in [-0.2, -0.15) is 0 Å². The Morgan fingerprint density at radius 1 is 0.868 bits per heavy atom. The summed E-state index contributed by atoms with van der Waals surface area (Å²) in [5.74, 6) is -0.684. The number of esters is 1. The molecule has 7 nitrogen and oxygen atoms in total. The predicted molar refractivity (Wildman–Crippen MR) is 141 cm³/mol. The van der Waals surface area contributed by atoms with E-state index in [4.69, 9.17) is 13.8 Å². The number of phosphoric ester groups is 1. The zero-order chi connectivity index (χ0) is 26.3. The lowest BCUT2D eigenvalue weighted by Gasteiger charge is -2.47. The molecule has 1 spiro atoms. The van der Waals surface area contributed by atoms with Crippen molar-refractivity contribution in [3.05, 3.63) is 71.8 Å². The summed E-state index contributed by atoms with van der Waals surface area (Å²) < 4.78 is 32.2. The van der Waals surface area contributed by atoms with Crippen molar-refractivity contribution in [2.24, 2.45) is 0 Å². The van der Waals surface area contributed by atoms with E-state index in [-0.39, 0.29) is 18.5 Å². The van der Waals surface area contributed by atoms with Gasteiger partial charge in [-0.05, 0) is 20.8 Å². The molecule has 3 saturated heterocycles. The molecule has 0 aromatic heterocycles. The molecule has 3 fully saturated rings. The van der Waals surface area contributed by atoms with Crippen molar-refractivity contribution >= 4 is 13.8 Å². The number of nitrogens with zero attached hydrogens (tertiary/aromatic N) is 1. The molecular weight excluding hydrogens is 525 g/mol. The molecule has 38 heavy (non-hydrogen) atoms. The fourth-order valence-electron chi connectivity index (χ4n) is 6.97. The molecule has 2 bridgehead atoms. The van der Waals surface area contributed by atoms with Gasteiger partial charge in [-0.3, -0.25) is 9.05 Å². The Balaban J connectivity index is 0.00000336. The highest BCUT2D eigenvalue weighted by atomic mass is 35.5. The minimum absolute atomic E-state index is 0. The lowest BCUT2D eigenvalue weighted by molar-refractivity contribution is -0.956. The lowest BCUT2D eigenvalue weighted by atomic mass is 9.86. The number of quaternary nitrogens is 1. The Bertz CT molecular complexity index is 1090. The molecule has 0 radical (unpaired) electrons. The van der Waals surface area contributed by atoms with Crippen molar-refractivity contribution in [1.29, 1.82) is 0 Å². The van der Waals surface area contributed by atoms with Crippen molar-refractivity contribution in [1.82, 2.24) is 0 Å². The lowest BCUT2D eigenvalue weighted by Crippen LogP contribution is -3.00. The van der Waals surface area contributed by atoms with Crippen LogP contribution in [0.1, 0.15) is 70.4 Å². The number of hydrogen-bond acceptors (Lipinski definition) is 5. The van der Waals surface area contributed by atoms with Crippen molar-refractivity contribution < 1.29 is 44.9 Å². The molecule has 5 rings (SSSR count). The molecular formula is C29H39ClNO6P. The number of benzene rings is 2. The van der Waals surface area contributed by atoms with Crippen LogP contribution in [0.3, 0.4) is 0 Å². The van der Waals surface area contributed by atoms with Crippen LogP contribution < -0.4 is 12.4 Å². The van der Waals surface area contributed by atoms with Gasteiger partial charge in [0, 0.05) is 49.7 Å². The summed E-state index contributed by atoms with van der Waals surface area (Å²) in [6.45, 7) is 7.46. The summed E-state index contributed by atoms with van der Waals surface area (Å²) in [7, 11) is -4.71. The van der Waals surface area contributed by atoms with Gasteiger partial charge in [-0.15, -0.1) is 0 Å². The second kappa shape index (κ2) is 11.0. The molecule has 3 aliphatic rings. The Hall–Kier alpha value is -1.73. The van der Waals surface area contributed by atoms with Crippen LogP contribution in [-0.4, -0.2) is 52.2 Å². The molecule has 0 saturated carbocycles. The average Bonchev–Trinajstić information content (AvgIpc) is 3.38. The molecule has 3 unspecified atom stereocenters. The van der Waals surface area contributed by atoms with E-state index in [1.807, 2.05) is 12.1 Å². The highest BCUT2D eigenvalue weighted by Gasteiger charge is 2.57. The van der Waals surface area contributed by atoms with Gasteiger partial charge in [0.2, 0.25) is 5.60 Å². The molecule has 208 valence electrons. The molecule has 2 aromatic rings. The summed E-state index contributed by atoms with van der Waals surface area (Å²) in [5.41, 5.74) is -2.10. The van der Waals surface area contributed by atoms with Gasteiger partial charge < -0.3 is 26.5 Å². The zero-order valence-electron chi connectivity index (χ0n) is 22.4. The van der Waals surface area contributed by atoms with Crippen LogP contribution in [0, 0.1) is 0 Å². The highest BCUT2D eigenvalue weighted by molar-refractivity contribution is 7.47. The Kier molecular flexibility index (Phi) is 8.50. The van der Waals surface area contributed by atoms with Crippen LogP contribution in [0.2, 0.25) is 0 Å². The van der Waals surface area contributed by atoms with Crippen LogP contribution >= 0.6 is 7.82 Å². The van der Waals surface area contributed by atoms with Crippen molar-refractivity contribution in [2.45, 2.75) is 88.7 Å². The summed E-state index contributed by atoms with van der Waals surface area (Å²) in [4.78, 5) is 25.2. The summed E-state index contributed by atoms with van der Waals surface area (Å²) in [6, 6.07) is 18.7. The fourth-order valence-corrected chi connectivity index (χ4v) is 8.33. The topological polar surface area (TPSA) is 82.1 Å². The molecule has 9 heteroatoms. The van der Waals surface area contributed by atoms with Gasteiger partial charge in [-0.1, -0.05) is 60.7 Å². The monoisotopic (exact) mass is 563 g/mol. The number of piperidine rings is 1. The van der Waals surface area contributed by atoms with Gasteiger partial charge >= 0.3 is 13.8 Å². The molecule has 3 atom stereocenters. The number of carbonyl (C=O) groups excluding carboxylic acids is 1. The standard InChI is InChI=1S/C29H38NO6P.ClH/c1-28(2,3)35-37(32,33)36-29(22-12-6-4-7-13-22,23-14-8-5-9-15-23)27(31)34-26-20-24-16-17-25(21-26)30(24)18-10-11-19-30;/h4-9,12-15,24-26H,10-11,16-21H2,1-3H3;1H. The van der Waals surface area contributed by atoms with Crippen LogP contribution in [-0.2, 0) is 28.7 Å². The van der Waals surface area contributed by atoms with E-state index in [0.717, 1.165) is 12.8 Å². The van der Waals surface area contributed by atoms with E-state index in [2.05, 4.69) is 0 Å². The molecule has 2 aromatic carbocycles. The normalized spacial score (nSPS) is 25.9. The van der Waals surface area contributed by atoms with Crippen LogP contribution in [0.5, 0.6) is 0 Å². The third kappa shape index (κ3) is 5.60. The quantitative estimate of drug-likeness (QED) is 0.317. The molecule has 0 aliphatic carbocycles. The van der Waals surface area contributed by atoms with E-state index < -0.39 is 25.0 Å². The second-order valence-corrected chi connectivity index (χ2v) is 13.1. The number of halogens is 1. The van der Waals surface area contributed by atoms with E-state index in [0.29, 0.717) is 23.2 Å². The first kappa shape index (κ1) is 29.3. The minimum atomic E-state index is -4.71. The van der Waals surface area contributed by atoms with E-state index in [1.165, 1.54) is 43.3 Å². The number of phosphoric acid groups is 1. The molecule has 3 heterocycles. The Morgan fingerprint density at radius 3 is 1.79 bits per heavy atom. The number of rotatable bonds is 7. The maximum Gasteiger partial charge on any atom is 0.474 e. The van der Waals surface area contributed by atoms with E-state index >= 15 is 0 Å². The van der Waals surface area contributed by atoms with Gasteiger partial charge in [0.1, 0.15) is 6.10 Å². The van der Waals surface area contributed by atoms with Gasteiger partial charge in [0.05, 0.1) is 30.8 Å². The maximum atomic E-state index is 14.3. The Morgan fingerprint density at radius 2 is 1.34 bits per heavy atom. The number of carbonyl (C=O) groups is 1. The maximum absolute atomic E-state index is 14.3. The largest absolute Gasteiger partial charge is 1.00 e. The van der Waals surface area contributed by atoms with Crippen LogP contribution in [0.4, 0.5) is 0 Å². The first-order chi connectivity index (χ1) is 17.5. The van der Waals surface area contributed by atoms with Gasteiger partial charge in [0.25, 0.3) is 0 Å². The van der Waals surface area contributed by atoms with E-state index in [1.54, 1.807) is 69.3 Å². The van der Waals surface area contributed by atoms with E-state index in [9.17, 15) is 14.3 Å². The number of ether oxygens (including phenoxy) is 1. The molecule has 3 aliphatic heterocycles. The van der Waals surface area contributed by atoms with Crippen molar-refractivity contribution in [3.8, 4) is 0 Å². The fraction of sp³-hybridized carbons (Fsp3) is 0.552. The third-order valence-electron chi connectivity index (χ3n) is 8.32. The summed E-state index contributed by atoms with van der Waals surface area (Å²) in [6.07, 6.45) is 6.26. The first-order valence-electron chi connectivity index (χ1n) is 13.5. The smallest absolute Gasteiger partial charge is 0.474 e. The van der Waals surface area contributed by atoms with Crippen molar-refractivity contribution in [3.63, 3.8) is 0 Å². The SMILES string of the molecule is CC(C)(C)OP(=O)(O)OC(C(=O)OC1CC2CCC(C1)[N+]21CCCC1)(c1ccccc1)c1ccccc1.[Cl-]. The van der Waals surface area contributed by atoms with Crippen LogP contribution in [0.25, 0.3) is 0 Å². The second-order valence-electron chi connectivity index (χ2n) is 11.8. The summed E-state index contributed by atoms with van der Waals surface area (Å²) in [5, 5.41) is 0. The first-order valence-corrected chi connectivity index (χ1v) is 15.0. The molecule has 1 N–H and O–H groups in total. The van der Waals surface area contributed by atoms with Crippen LogP contribution in [0.15, 0.2) is 60.7 Å². The minimum Gasteiger partial charge on any atom is -1.00 e. The average molecular weight is 564 g/mol. The predicted octanol–water partition coefficient (Wildman–Crippen LogP) is 2.71. The Labute approximate surface area is 232 Å². The number of hydrogen-bond donors (Lipinski definition) is 1. The highest BCUT2D eigenvalue weighted by Crippen LogP contribution is 2.55. The zero-order valence-corrected chi connectivity index (χ0v) is 24.1. The van der Waals surface area contributed by atoms with Crippen molar-refractivity contribution in [2.75, 3.05) is 13.1 Å². The van der Waals surface area contributed by atoms with Gasteiger partial charge in [-0.25, -0.2) is 9.36 Å². The summed E-state index contributed by atoms with van der Waals surface area (Å²) >= 11 is 0. The van der Waals surface area contributed by atoms with Gasteiger partial charge in [0.15, 0.2) is 0 Å². The molecule has 0 amide bonds.